The van der Waals surface area contributed by atoms with Crippen molar-refractivity contribution in [1.29, 1.82) is 0 Å². The number of nitrogens with zero attached hydrogens (tertiary/aromatic N) is 2. The van der Waals surface area contributed by atoms with Crippen LogP contribution in [-0.2, 0) is 12.8 Å². The minimum Gasteiger partial charge on any atom is -0.497 e. The van der Waals surface area contributed by atoms with Gasteiger partial charge in [0.05, 0.1) is 7.11 Å². The Hall–Kier alpha value is -2.56. The Balaban J connectivity index is 1.57. The topological polar surface area (TPSA) is 59.4 Å². The molecule has 0 unspecified atom stereocenters. The van der Waals surface area contributed by atoms with Gasteiger partial charge in [0.15, 0.2) is 5.65 Å². The Kier molecular flexibility index (Phi) is 3.41. The molecule has 23 heavy (non-hydrogen) atoms. The largest absolute Gasteiger partial charge is 0.497 e. The van der Waals surface area contributed by atoms with E-state index in [0.717, 1.165) is 35.6 Å². The third-order valence-corrected chi connectivity index (χ3v) is 4.34. The number of hydrogen-bond donors (Lipinski definition) is 1. The maximum Gasteiger partial charge on any atom is 0.272 e. The molecule has 0 bridgehead atoms. The Morgan fingerprint density at radius 2 is 2.13 bits per heavy atom. The van der Waals surface area contributed by atoms with Crippen molar-refractivity contribution in [2.45, 2.75) is 31.6 Å². The van der Waals surface area contributed by atoms with E-state index in [9.17, 15) is 4.79 Å². The van der Waals surface area contributed by atoms with Gasteiger partial charge in [0, 0.05) is 29.4 Å². The molecule has 2 aromatic heterocycles. The van der Waals surface area contributed by atoms with Gasteiger partial charge in [0.1, 0.15) is 5.75 Å². The quantitative estimate of drug-likeness (QED) is 0.788. The molecule has 0 radical (unpaired) electrons. The van der Waals surface area contributed by atoms with Crippen LogP contribution in [0.2, 0.25) is 0 Å². The zero-order chi connectivity index (χ0) is 15.8. The highest BCUT2D eigenvalue weighted by atomic mass is 16.5. The average molecular weight is 309 g/mol. The molecule has 5 nitrogen and oxygen atoms in total. The molecule has 1 aromatic carbocycles. The van der Waals surface area contributed by atoms with Gasteiger partial charge in [-0.15, -0.1) is 0 Å². The van der Waals surface area contributed by atoms with Gasteiger partial charge in [-0.05, 0) is 43.4 Å². The van der Waals surface area contributed by atoms with Crippen molar-refractivity contribution in [3.63, 3.8) is 0 Å². The molecule has 1 aliphatic rings. The fraction of sp³-hybridized carbons (Fsp3) is 0.333. The SMILES string of the molecule is COc1cccc(CCc2cc(=O)n3[nH]c(C4CC4)cc3n2)c1. The predicted molar refractivity (Wildman–Crippen MR) is 88.2 cm³/mol. The summed E-state index contributed by atoms with van der Waals surface area (Å²) in [4.78, 5) is 16.9. The molecule has 1 saturated carbocycles. The second-order valence-electron chi connectivity index (χ2n) is 6.12. The standard InChI is InChI=1S/C18H19N3O2/c1-23-15-4-2-3-12(9-15)5-8-14-10-18(22)21-17(19-14)11-16(20-21)13-6-7-13/h2-4,9-11,13,20H,5-8H2,1H3. The fourth-order valence-electron chi connectivity index (χ4n) is 2.89. The smallest absolute Gasteiger partial charge is 0.272 e. The van der Waals surface area contributed by atoms with E-state index in [1.165, 1.54) is 18.4 Å². The third kappa shape index (κ3) is 2.86. The predicted octanol–water partition coefficient (Wildman–Crippen LogP) is 2.69. The van der Waals surface area contributed by atoms with Gasteiger partial charge < -0.3 is 4.74 Å². The molecule has 0 amide bonds. The van der Waals surface area contributed by atoms with Crippen molar-refractivity contribution >= 4 is 5.65 Å². The molecule has 1 aliphatic carbocycles. The number of benzene rings is 1. The Morgan fingerprint density at radius 1 is 1.26 bits per heavy atom. The first-order valence-corrected chi connectivity index (χ1v) is 7.97. The number of hydrogen-bond acceptors (Lipinski definition) is 3. The molecule has 1 fully saturated rings. The van der Waals surface area contributed by atoms with Crippen molar-refractivity contribution in [2.75, 3.05) is 7.11 Å². The van der Waals surface area contributed by atoms with Gasteiger partial charge in [-0.2, -0.15) is 0 Å². The van der Waals surface area contributed by atoms with Gasteiger partial charge in [-0.3, -0.25) is 9.89 Å². The number of nitrogens with one attached hydrogen (secondary N) is 1. The van der Waals surface area contributed by atoms with Gasteiger partial charge in [0.2, 0.25) is 0 Å². The Labute approximate surface area is 133 Å². The summed E-state index contributed by atoms with van der Waals surface area (Å²) in [5.41, 5.74) is 3.82. The molecular weight excluding hydrogens is 290 g/mol. The minimum atomic E-state index is -0.0393. The van der Waals surface area contributed by atoms with Crippen molar-refractivity contribution in [3.8, 4) is 5.75 Å². The molecule has 5 heteroatoms. The van der Waals surface area contributed by atoms with Crippen LogP contribution in [0.25, 0.3) is 5.65 Å². The number of ether oxygens (including phenoxy) is 1. The Bertz CT molecular complexity index is 906. The maximum absolute atomic E-state index is 12.2. The van der Waals surface area contributed by atoms with Crippen LogP contribution in [-0.4, -0.2) is 21.7 Å². The average Bonchev–Trinajstić information content (AvgIpc) is 3.33. The molecule has 0 atom stereocenters. The van der Waals surface area contributed by atoms with Crippen molar-refractivity contribution in [3.05, 3.63) is 63.7 Å². The van der Waals surface area contributed by atoms with E-state index in [2.05, 4.69) is 16.1 Å². The van der Waals surface area contributed by atoms with Crippen LogP contribution in [0.5, 0.6) is 5.75 Å². The van der Waals surface area contributed by atoms with Crippen LogP contribution >= 0.6 is 0 Å². The van der Waals surface area contributed by atoms with Gasteiger partial charge >= 0.3 is 0 Å². The summed E-state index contributed by atoms with van der Waals surface area (Å²) in [6.07, 6.45) is 3.97. The lowest BCUT2D eigenvalue weighted by Crippen LogP contribution is -2.16. The van der Waals surface area contributed by atoms with E-state index < -0.39 is 0 Å². The highest BCUT2D eigenvalue weighted by Gasteiger charge is 2.25. The van der Waals surface area contributed by atoms with Gasteiger partial charge in [-0.25, -0.2) is 9.50 Å². The third-order valence-electron chi connectivity index (χ3n) is 4.34. The van der Waals surface area contributed by atoms with Gasteiger partial charge in [-0.1, -0.05) is 12.1 Å². The molecule has 3 aromatic rings. The van der Waals surface area contributed by atoms with Gasteiger partial charge in [0.25, 0.3) is 5.56 Å². The summed E-state index contributed by atoms with van der Waals surface area (Å²) in [6, 6.07) is 11.6. The van der Waals surface area contributed by atoms with E-state index in [-0.39, 0.29) is 5.56 Å². The van der Waals surface area contributed by atoms with E-state index >= 15 is 0 Å². The first kappa shape index (κ1) is 14.1. The molecule has 4 rings (SSSR count). The summed E-state index contributed by atoms with van der Waals surface area (Å²) in [5.74, 6) is 1.43. The Morgan fingerprint density at radius 3 is 2.91 bits per heavy atom. The van der Waals surface area contributed by atoms with Crippen LogP contribution in [0.3, 0.4) is 0 Å². The first-order valence-electron chi connectivity index (χ1n) is 7.97. The monoisotopic (exact) mass is 309 g/mol. The van der Waals surface area contributed by atoms with E-state index in [0.29, 0.717) is 5.92 Å². The number of methoxy groups -OCH3 is 1. The van der Waals surface area contributed by atoms with Crippen LogP contribution in [0.1, 0.15) is 35.7 Å². The van der Waals surface area contributed by atoms with Crippen molar-refractivity contribution in [2.24, 2.45) is 0 Å². The second kappa shape index (κ2) is 5.57. The lowest BCUT2D eigenvalue weighted by molar-refractivity contribution is 0.414. The number of aryl methyl sites for hydroxylation is 2. The number of fused-ring (bicyclic) bond motifs is 1. The molecule has 0 aliphatic heterocycles. The van der Waals surface area contributed by atoms with Crippen LogP contribution < -0.4 is 10.3 Å². The van der Waals surface area contributed by atoms with Crippen molar-refractivity contribution in [1.82, 2.24) is 14.6 Å². The maximum atomic E-state index is 12.2. The number of aromatic amines is 1. The number of H-pyrrole nitrogens is 1. The zero-order valence-electron chi connectivity index (χ0n) is 13.1. The molecule has 1 N–H and O–H groups in total. The zero-order valence-corrected chi connectivity index (χ0v) is 13.1. The fourth-order valence-corrected chi connectivity index (χ4v) is 2.89. The molecule has 2 heterocycles. The molecule has 118 valence electrons. The number of aromatic nitrogens is 3. The summed E-state index contributed by atoms with van der Waals surface area (Å²) in [6.45, 7) is 0. The van der Waals surface area contributed by atoms with Crippen molar-refractivity contribution < 1.29 is 4.74 Å². The highest BCUT2D eigenvalue weighted by molar-refractivity contribution is 5.41. The highest BCUT2D eigenvalue weighted by Crippen LogP contribution is 2.39. The lowest BCUT2D eigenvalue weighted by Gasteiger charge is -2.04. The second-order valence-corrected chi connectivity index (χ2v) is 6.12. The minimum absolute atomic E-state index is 0.0393. The summed E-state index contributed by atoms with van der Waals surface area (Å²) < 4.78 is 6.79. The first-order chi connectivity index (χ1) is 11.2. The van der Waals surface area contributed by atoms with Crippen LogP contribution in [0.4, 0.5) is 0 Å². The van der Waals surface area contributed by atoms with E-state index in [1.807, 2.05) is 24.3 Å². The normalized spacial score (nSPS) is 14.3. The summed E-state index contributed by atoms with van der Waals surface area (Å²) in [5, 5.41) is 3.17. The lowest BCUT2D eigenvalue weighted by atomic mass is 10.1. The number of rotatable bonds is 5. The van der Waals surface area contributed by atoms with Crippen LogP contribution in [0, 0.1) is 0 Å². The summed E-state index contributed by atoms with van der Waals surface area (Å²) >= 11 is 0. The molecule has 0 spiro atoms. The van der Waals surface area contributed by atoms with E-state index in [4.69, 9.17) is 4.74 Å². The summed E-state index contributed by atoms with van der Waals surface area (Å²) in [7, 11) is 1.67. The molecular formula is C18H19N3O2. The van der Waals surface area contributed by atoms with E-state index in [1.54, 1.807) is 17.7 Å². The molecule has 0 saturated heterocycles. The van der Waals surface area contributed by atoms with Crippen LogP contribution in [0.15, 0.2) is 41.2 Å².